The summed E-state index contributed by atoms with van der Waals surface area (Å²) in [5.74, 6) is 0.568. The maximum Gasteiger partial charge on any atom is 0.254 e. The summed E-state index contributed by atoms with van der Waals surface area (Å²) in [6, 6.07) is 12.3. The van der Waals surface area contributed by atoms with Gasteiger partial charge in [-0.05, 0) is 39.1 Å². The van der Waals surface area contributed by atoms with Gasteiger partial charge in [-0.2, -0.15) is 0 Å². The first-order valence-electron chi connectivity index (χ1n) is 7.10. The van der Waals surface area contributed by atoms with E-state index in [0.29, 0.717) is 17.9 Å². The Kier molecular flexibility index (Phi) is 5.17. The molecule has 0 spiro atoms. The first-order chi connectivity index (χ1) is 10.1. The van der Waals surface area contributed by atoms with Gasteiger partial charge in [-0.3, -0.25) is 4.79 Å². The molecule has 2 aromatic rings. The van der Waals surface area contributed by atoms with Crippen molar-refractivity contribution >= 4 is 5.91 Å². The fourth-order valence-corrected chi connectivity index (χ4v) is 2.25. The second-order valence-electron chi connectivity index (χ2n) is 5.41. The topological polar surface area (TPSA) is 45.5 Å². The quantitative estimate of drug-likeness (QED) is 0.887. The van der Waals surface area contributed by atoms with Crippen molar-refractivity contribution in [2.75, 3.05) is 20.6 Å². The number of rotatable bonds is 6. The highest BCUT2D eigenvalue weighted by Gasteiger charge is 2.16. The Hall–Kier alpha value is -2.07. The van der Waals surface area contributed by atoms with Crippen molar-refractivity contribution in [2.24, 2.45) is 0 Å². The first-order valence-corrected chi connectivity index (χ1v) is 7.10. The third kappa shape index (κ3) is 4.20. The Bertz CT molecular complexity index is 575. The molecule has 1 atom stereocenters. The molecular formula is C17H22N2O2. The maximum atomic E-state index is 12.1. The lowest BCUT2D eigenvalue weighted by molar-refractivity contribution is 0.0940. The summed E-state index contributed by atoms with van der Waals surface area (Å²) in [5, 5.41) is 2.99. The molecule has 1 aromatic heterocycles. The summed E-state index contributed by atoms with van der Waals surface area (Å²) in [7, 11) is 4.06. The number of furan rings is 1. The SMILES string of the molecule is Cc1occc1C(=O)NCC(Cc1ccccc1)N(C)C. The van der Waals surface area contributed by atoms with Crippen LogP contribution < -0.4 is 5.32 Å². The zero-order valence-electron chi connectivity index (χ0n) is 12.8. The highest BCUT2D eigenvalue weighted by molar-refractivity contribution is 5.95. The number of aryl methyl sites for hydroxylation is 1. The molecule has 2 rings (SSSR count). The van der Waals surface area contributed by atoms with Crippen molar-refractivity contribution in [3.63, 3.8) is 0 Å². The number of hydrogen-bond acceptors (Lipinski definition) is 3. The highest BCUT2D eigenvalue weighted by atomic mass is 16.3. The van der Waals surface area contributed by atoms with Crippen LogP contribution >= 0.6 is 0 Å². The molecular weight excluding hydrogens is 264 g/mol. The standard InChI is InChI=1S/C17H22N2O2/c1-13-16(9-10-21-13)17(20)18-12-15(19(2)3)11-14-7-5-4-6-8-14/h4-10,15H,11-12H2,1-3H3,(H,18,20). The van der Waals surface area contributed by atoms with Gasteiger partial charge in [-0.1, -0.05) is 30.3 Å². The molecule has 0 fully saturated rings. The molecule has 0 aliphatic heterocycles. The smallest absolute Gasteiger partial charge is 0.254 e. The van der Waals surface area contributed by atoms with E-state index in [4.69, 9.17) is 4.42 Å². The lowest BCUT2D eigenvalue weighted by atomic mass is 10.1. The van der Waals surface area contributed by atoms with Gasteiger partial charge in [0.25, 0.3) is 5.91 Å². The van der Waals surface area contributed by atoms with Gasteiger partial charge in [-0.15, -0.1) is 0 Å². The van der Waals surface area contributed by atoms with Crippen LogP contribution in [0.2, 0.25) is 0 Å². The van der Waals surface area contributed by atoms with Crippen molar-refractivity contribution in [3.05, 3.63) is 59.5 Å². The largest absolute Gasteiger partial charge is 0.469 e. The van der Waals surface area contributed by atoms with Gasteiger partial charge in [0.2, 0.25) is 0 Å². The van der Waals surface area contributed by atoms with Gasteiger partial charge in [0, 0.05) is 12.6 Å². The molecule has 1 amide bonds. The van der Waals surface area contributed by atoms with Crippen molar-refractivity contribution < 1.29 is 9.21 Å². The zero-order chi connectivity index (χ0) is 15.2. The first kappa shape index (κ1) is 15.3. The minimum absolute atomic E-state index is 0.0823. The molecule has 0 aliphatic rings. The van der Waals surface area contributed by atoms with Crippen LogP contribution in [0.1, 0.15) is 21.7 Å². The molecule has 4 nitrogen and oxygen atoms in total. The van der Waals surface area contributed by atoms with Crippen molar-refractivity contribution in [1.29, 1.82) is 0 Å². The van der Waals surface area contributed by atoms with Crippen LogP contribution in [0.15, 0.2) is 47.1 Å². The molecule has 0 saturated heterocycles. The van der Waals surface area contributed by atoms with Gasteiger partial charge in [0.15, 0.2) is 0 Å². The van der Waals surface area contributed by atoms with E-state index in [-0.39, 0.29) is 11.9 Å². The van der Waals surface area contributed by atoms with E-state index < -0.39 is 0 Å². The average Bonchev–Trinajstić information content (AvgIpc) is 2.90. The van der Waals surface area contributed by atoms with Gasteiger partial charge in [0.05, 0.1) is 11.8 Å². The van der Waals surface area contributed by atoms with E-state index in [1.165, 1.54) is 11.8 Å². The number of carbonyl (C=O) groups excluding carboxylic acids is 1. The van der Waals surface area contributed by atoms with Crippen LogP contribution in [0.5, 0.6) is 0 Å². The molecule has 0 radical (unpaired) electrons. The summed E-state index contributed by atoms with van der Waals surface area (Å²) in [5.41, 5.74) is 1.87. The molecule has 0 saturated carbocycles. The minimum Gasteiger partial charge on any atom is -0.469 e. The summed E-state index contributed by atoms with van der Waals surface area (Å²) >= 11 is 0. The van der Waals surface area contributed by atoms with Crippen molar-refractivity contribution in [3.8, 4) is 0 Å². The second kappa shape index (κ2) is 7.09. The number of carbonyl (C=O) groups is 1. The maximum absolute atomic E-state index is 12.1. The molecule has 1 heterocycles. The fourth-order valence-electron chi connectivity index (χ4n) is 2.25. The number of likely N-dealkylation sites (N-methyl/N-ethyl adjacent to an activating group) is 1. The molecule has 1 unspecified atom stereocenters. The van der Waals surface area contributed by atoms with Crippen LogP contribution in [-0.2, 0) is 6.42 Å². The lowest BCUT2D eigenvalue weighted by Gasteiger charge is -2.24. The normalized spacial score (nSPS) is 12.4. The average molecular weight is 286 g/mol. The van der Waals surface area contributed by atoms with Crippen LogP contribution in [-0.4, -0.2) is 37.5 Å². The van der Waals surface area contributed by atoms with Gasteiger partial charge in [0.1, 0.15) is 5.76 Å². The van der Waals surface area contributed by atoms with Gasteiger partial charge >= 0.3 is 0 Å². The molecule has 112 valence electrons. The molecule has 1 N–H and O–H groups in total. The van der Waals surface area contributed by atoms with Crippen molar-refractivity contribution in [1.82, 2.24) is 10.2 Å². The Morgan fingerprint density at radius 1 is 1.24 bits per heavy atom. The van der Waals surface area contributed by atoms with E-state index >= 15 is 0 Å². The van der Waals surface area contributed by atoms with E-state index in [1.807, 2.05) is 32.3 Å². The minimum atomic E-state index is -0.0823. The van der Waals surface area contributed by atoms with Crippen LogP contribution in [0.3, 0.4) is 0 Å². The summed E-state index contributed by atoms with van der Waals surface area (Å²) in [6.07, 6.45) is 2.44. The van der Waals surface area contributed by atoms with Crippen molar-refractivity contribution in [2.45, 2.75) is 19.4 Å². The van der Waals surface area contributed by atoms with E-state index in [1.54, 1.807) is 13.0 Å². The summed E-state index contributed by atoms with van der Waals surface area (Å²) in [4.78, 5) is 14.3. The fraction of sp³-hybridized carbons (Fsp3) is 0.353. The second-order valence-corrected chi connectivity index (χ2v) is 5.41. The zero-order valence-corrected chi connectivity index (χ0v) is 12.8. The van der Waals surface area contributed by atoms with E-state index in [9.17, 15) is 4.79 Å². The van der Waals surface area contributed by atoms with Crippen LogP contribution in [0.4, 0.5) is 0 Å². The summed E-state index contributed by atoms with van der Waals surface area (Å²) in [6.45, 7) is 2.40. The van der Waals surface area contributed by atoms with Gasteiger partial charge < -0.3 is 14.6 Å². The summed E-state index contributed by atoms with van der Waals surface area (Å²) < 4.78 is 5.16. The molecule has 4 heteroatoms. The Balaban J connectivity index is 1.95. The lowest BCUT2D eigenvalue weighted by Crippen LogP contribution is -2.41. The number of nitrogens with one attached hydrogen (secondary N) is 1. The van der Waals surface area contributed by atoms with Crippen LogP contribution in [0.25, 0.3) is 0 Å². The Labute approximate surface area is 125 Å². The number of benzene rings is 1. The Morgan fingerprint density at radius 2 is 1.95 bits per heavy atom. The molecule has 1 aromatic carbocycles. The third-order valence-electron chi connectivity index (χ3n) is 3.65. The Morgan fingerprint density at radius 3 is 2.52 bits per heavy atom. The number of amides is 1. The number of nitrogens with zero attached hydrogens (tertiary/aromatic N) is 1. The third-order valence-corrected chi connectivity index (χ3v) is 3.65. The molecule has 0 aliphatic carbocycles. The molecule has 21 heavy (non-hydrogen) atoms. The number of hydrogen-bond donors (Lipinski definition) is 1. The van der Waals surface area contributed by atoms with E-state index in [0.717, 1.165) is 6.42 Å². The highest BCUT2D eigenvalue weighted by Crippen LogP contribution is 2.09. The predicted molar refractivity (Wildman–Crippen MR) is 83.4 cm³/mol. The van der Waals surface area contributed by atoms with Gasteiger partial charge in [-0.25, -0.2) is 0 Å². The van der Waals surface area contributed by atoms with Crippen LogP contribution in [0, 0.1) is 6.92 Å². The predicted octanol–water partition coefficient (Wildman–Crippen LogP) is 2.49. The van der Waals surface area contributed by atoms with E-state index in [2.05, 4.69) is 22.3 Å². The molecule has 0 bridgehead atoms. The monoisotopic (exact) mass is 286 g/mol.